The van der Waals surface area contributed by atoms with E-state index in [9.17, 15) is 4.79 Å². The van der Waals surface area contributed by atoms with E-state index in [1.165, 1.54) is 0 Å². The minimum Gasteiger partial charge on any atom is -0.493 e. The number of carbonyl (C=O) groups is 1. The van der Waals surface area contributed by atoms with Crippen LogP contribution < -0.4 is 10.1 Å². The Kier molecular flexibility index (Phi) is 5.47. The molecule has 0 radical (unpaired) electrons. The molecule has 1 aliphatic heterocycles. The highest BCUT2D eigenvalue weighted by Crippen LogP contribution is 2.32. The lowest BCUT2D eigenvalue weighted by atomic mass is 10.0. The van der Waals surface area contributed by atoms with Crippen molar-refractivity contribution in [2.75, 3.05) is 12.4 Å². The molecule has 2 aromatic carbocycles. The summed E-state index contributed by atoms with van der Waals surface area (Å²) in [7, 11) is 0. The maximum Gasteiger partial charge on any atom is 0.221 e. The van der Waals surface area contributed by atoms with E-state index in [-0.39, 0.29) is 11.9 Å². The van der Waals surface area contributed by atoms with Crippen molar-refractivity contribution in [3.05, 3.63) is 59.1 Å². The fourth-order valence-electron chi connectivity index (χ4n) is 2.57. The molecule has 0 bridgehead atoms. The van der Waals surface area contributed by atoms with E-state index in [2.05, 4.69) is 5.32 Å². The van der Waals surface area contributed by atoms with Gasteiger partial charge >= 0.3 is 0 Å². The van der Waals surface area contributed by atoms with Gasteiger partial charge in [-0.2, -0.15) is 0 Å². The number of nitrogens with one attached hydrogen (secondary N) is 1. The summed E-state index contributed by atoms with van der Waals surface area (Å²) in [5.74, 6) is 1.64. The van der Waals surface area contributed by atoms with Gasteiger partial charge < -0.3 is 10.1 Å². The molecular weight excluding hydrogens is 330 g/mol. The van der Waals surface area contributed by atoms with Gasteiger partial charge in [0.1, 0.15) is 5.75 Å². The average molecular weight is 348 g/mol. The quantitative estimate of drug-likeness (QED) is 0.811. The molecule has 5 heteroatoms. The van der Waals surface area contributed by atoms with Gasteiger partial charge in [-0.05, 0) is 18.2 Å². The SMILES string of the molecule is O=C(CCSc1ccccc1Cl)NC1CCOc2ccccc21. The highest BCUT2D eigenvalue weighted by atomic mass is 35.5. The first-order chi connectivity index (χ1) is 11.2. The number of thioether (sulfide) groups is 1. The van der Waals surface area contributed by atoms with Gasteiger partial charge in [-0.3, -0.25) is 4.79 Å². The third-order valence-corrected chi connectivity index (χ3v) is 5.23. The van der Waals surface area contributed by atoms with Gasteiger partial charge in [0.15, 0.2) is 0 Å². The number of rotatable bonds is 5. The molecule has 2 aromatic rings. The number of para-hydroxylation sites is 1. The van der Waals surface area contributed by atoms with Crippen molar-refractivity contribution < 1.29 is 9.53 Å². The van der Waals surface area contributed by atoms with Crippen molar-refractivity contribution in [3.8, 4) is 5.75 Å². The zero-order chi connectivity index (χ0) is 16.1. The molecule has 3 rings (SSSR count). The Morgan fingerprint density at radius 2 is 2.00 bits per heavy atom. The first-order valence-electron chi connectivity index (χ1n) is 7.62. The molecule has 0 aliphatic carbocycles. The summed E-state index contributed by atoms with van der Waals surface area (Å²) in [5, 5.41) is 3.84. The Hall–Kier alpha value is -1.65. The molecule has 1 aliphatic rings. The standard InChI is InChI=1S/C18H18ClNO2S/c19-14-6-2-4-8-17(14)23-12-10-18(21)20-15-9-11-22-16-7-3-1-5-13(15)16/h1-8,15H,9-12H2,(H,20,21). The van der Waals surface area contributed by atoms with Crippen LogP contribution in [0.15, 0.2) is 53.4 Å². The molecular formula is C18H18ClNO2S. The average Bonchev–Trinajstić information content (AvgIpc) is 2.57. The lowest BCUT2D eigenvalue weighted by Crippen LogP contribution is -2.32. The third-order valence-electron chi connectivity index (χ3n) is 3.72. The van der Waals surface area contributed by atoms with Gasteiger partial charge in [-0.25, -0.2) is 0 Å². The second-order valence-corrected chi connectivity index (χ2v) is 6.87. The lowest BCUT2D eigenvalue weighted by molar-refractivity contribution is -0.121. The van der Waals surface area contributed by atoms with Gasteiger partial charge in [-0.15, -0.1) is 11.8 Å². The summed E-state index contributed by atoms with van der Waals surface area (Å²) in [4.78, 5) is 13.2. The summed E-state index contributed by atoms with van der Waals surface area (Å²) in [5.41, 5.74) is 1.06. The molecule has 0 spiro atoms. The predicted octanol–water partition coefficient (Wildman–Crippen LogP) is 4.46. The van der Waals surface area contributed by atoms with Crippen LogP contribution in [0.1, 0.15) is 24.4 Å². The van der Waals surface area contributed by atoms with Crippen molar-refractivity contribution in [1.82, 2.24) is 5.32 Å². The van der Waals surface area contributed by atoms with E-state index >= 15 is 0 Å². The number of hydrogen-bond acceptors (Lipinski definition) is 3. The van der Waals surface area contributed by atoms with E-state index in [0.717, 1.165) is 27.7 Å². The minimum absolute atomic E-state index is 0.0396. The Bertz CT molecular complexity index is 692. The molecule has 23 heavy (non-hydrogen) atoms. The second-order valence-electron chi connectivity index (χ2n) is 5.32. The number of fused-ring (bicyclic) bond motifs is 1. The summed E-state index contributed by atoms with van der Waals surface area (Å²) >= 11 is 7.72. The van der Waals surface area contributed by atoms with Crippen LogP contribution in [0.25, 0.3) is 0 Å². The van der Waals surface area contributed by atoms with E-state index < -0.39 is 0 Å². The molecule has 1 N–H and O–H groups in total. The number of benzene rings is 2. The van der Waals surface area contributed by atoms with Crippen molar-refractivity contribution in [2.45, 2.75) is 23.8 Å². The topological polar surface area (TPSA) is 38.3 Å². The highest BCUT2D eigenvalue weighted by molar-refractivity contribution is 7.99. The molecule has 0 fully saturated rings. The zero-order valence-corrected chi connectivity index (χ0v) is 14.2. The first-order valence-corrected chi connectivity index (χ1v) is 8.99. The van der Waals surface area contributed by atoms with Gasteiger partial charge in [0, 0.05) is 29.1 Å². The van der Waals surface area contributed by atoms with Crippen molar-refractivity contribution >= 4 is 29.3 Å². The van der Waals surface area contributed by atoms with E-state index in [0.29, 0.717) is 18.8 Å². The van der Waals surface area contributed by atoms with E-state index in [1.807, 2.05) is 48.5 Å². The number of ether oxygens (including phenoxy) is 1. The van der Waals surface area contributed by atoms with Crippen LogP contribution in [-0.4, -0.2) is 18.3 Å². The van der Waals surface area contributed by atoms with E-state index in [4.69, 9.17) is 16.3 Å². The maximum absolute atomic E-state index is 12.2. The Balaban J connectivity index is 1.52. The molecule has 1 amide bonds. The Labute approximate surface area is 145 Å². The largest absolute Gasteiger partial charge is 0.493 e. The van der Waals surface area contributed by atoms with Crippen LogP contribution in [0.4, 0.5) is 0 Å². The predicted molar refractivity (Wildman–Crippen MR) is 94.2 cm³/mol. The van der Waals surface area contributed by atoms with E-state index in [1.54, 1.807) is 11.8 Å². The molecule has 3 nitrogen and oxygen atoms in total. The Morgan fingerprint density at radius 3 is 2.87 bits per heavy atom. The third kappa shape index (κ3) is 4.21. The summed E-state index contributed by atoms with van der Waals surface area (Å²) in [6, 6.07) is 15.6. The van der Waals surface area contributed by atoms with Gasteiger partial charge in [-0.1, -0.05) is 41.9 Å². The normalized spacial score (nSPS) is 16.3. The van der Waals surface area contributed by atoms with Crippen LogP contribution in [0.3, 0.4) is 0 Å². The Morgan fingerprint density at radius 1 is 1.22 bits per heavy atom. The number of carbonyl (C=O) groups excluding carboxylic acids is 1. The maximum atomic E-state index is 12.2. The van der Waals surface area contributed by atoms with Crippen LogP contribution in [0, 0.1) is 0 Å². The van der Waals surface area contributed by atoms with Gasteiger partial charge in [0.25, 0.3) is 0 Å². The van der Waals surface area contributed by atoms with Crippen molar-refractivity contribution in [3.63, 3.8) is 0 Å². The van der Waals surface area contributed by atoms with Crippen LogP contribution in [0.2, 0.25) is 5.02 Å². The second kappa shape index (κ2) is 7.75. The van der Waals surface area contributed by atoms with Crippen LogP contribution >= 0.6 is 23.4 Å². The monoisotopic (exact) mass is 347 g/mol. The first kappa shape index (κ1) is 16.2. The van der Waals surface area contributed by atoms with Crippen molar-refractivity contribution in [2.24, 2.45) is 0 Å². The summed E-state index contributed by atoms with van der Waals surface area (Å²) < 4.78 is 5.62. The molecule has 1 atom stereocenters. The summed E-state index contributed by atoms with van der Waals surface area (Å²) in [6.07, 6.45) is 1.27. The lowest BCUT2D eigenvalue weighted by Gasteiger charge is -2.26. The number of halogens is 1. The molecule has 0 saturated carbocycles. The van der Waals surface area contributed by atoms with Crippen LogP contribution in [0.5, 0.6) is 5.75 Å². The fourth-order valence-corrected chi connectivity index (χ4v) is 3.76. The molecule has 0 saturated heterocycles. The van der Waals surface area contributed by atoms with Gasteiger partial charge in [0.2, 0.25) is 5.91 Å². The molecule has 1 heterocycles. The van der Waals surface area contributed by atoms with Gasteiger partial charge in [0.05, 0.1) is 17.7 Å². The van der Waals surface area contributed by atoms with Crippen molar-refractivity contribution in [1.29, 1.82) is 0 Å². The minimum atomic E-state index is 0.0396. The highest BCUT2D eigenvalue weighted by Gasteiger charge is 2.22. The fraction of sp³-hybridized carbons (Fsp3) is 0.278. The summed E-state index contributed by atoms with van der Waals surface area (Å²) in [6.45, 7) is 0.635. The molecule has 1 unspecified atom stereocenters. The zero-order valence-electron chi connectivity index (χ0n) is 12.6. The number of amides is 1. The smallest absolute Gasteiger partial charge is 0.221 e. The van der Waals surface area contributed by atoms with Crippen LogP contribution in [-0.2, 0) is 4.79 Å². The molecule has 0 aromatic heterocycles. The number of hydrogen-bond donors (Lipinski definition) is 1. The molecule has 120 valence electrons.